The summed E-state index contributed by atoms with van der Waals surface area (Å²) >= 11 is 0. The van der Waals surface area contributed by atoms with Gasteiger partial charge in [-0.1, -0.05) is 0 Å². The van der Waals surface area contributed by atoms with Gasteiger partial charge in [0.25, 0.3) is 5.91 Å². The number of rotatable bonds is 4. The number of aromatic nitrogens is 5. The number of anilines is 1. The minimum Gasteiger partial charge on any atom is -0.495 e. The molecule has 1 N–H and O–H groups in total. The van der Waals surface area contributed by atoms with Crippen molar-refractivity contribution in [2.75, 3.05) is 12.4 Å². The van der Waals surface area contributed by atoms with Crippen molar-refractivity contribution in [2.24, 2.45) is 0 Å². The van der Waals surface area contributed by atoms with Crippen LogP contribution in [-0.2, 0) is 0 Å². The molecule has 0 saturated heterocycles. The average Bonchev–Trinajstić information content (AvgIpc) is 3.16. The molecule has 4 aromatic heterocycles. The fourth-order valence-corrected chi connectivity index (χ4v) is 2.78. The first-order chi connectivity index (χ1) is 13.2. The van der Waals surface area contributed by atoms with Crippen molar-refractivity contribution >= 4 is 17.4 Å². The number of aryl methyl sites for hydroxylation is 1. The van der Waals surface area contributed by atoms with Gasteiger partial charge in [-0.25, -0.2) is 4.98 Å². The molecule has 134 valence electrons. The zero-order chi connectivity index (χ0) is 18.8. The van der Waals surface area contributed by atoms with Gasteiger partial charge in [0.1, 0.15) is 17.9 Å². The summed E-state index contributed by atoms with van der Waals surface area (Å²) in [6.07, 6.45) is 8.49. The Morgan fingerprint density at radius 2 is 2.11 bits per heavy atom. The van der Waals surface area contributed by atoms with Crippen molar-refractivity contribution in [2.45, 2.75) is 6.92 Å². The van der Waals surface area contributed by atoms with Crippen LogP contribution in [0.1, 0.15) is 15.9 Å². The molecular weight excluding hydrogens is 344 g/mol. The lowest BCUT2D eigenvalue weighted by atomic mass is 10.0. The highest BCUT2D eigenvalue weighted by Crippen LogP contribution is 2.25. The van der Waals surface area contributed by atoms with Crippen LogP contribution < -0.4 is 10.1 Å². The normalized spacial score (nSPS) is 10.7. The van der Waals surface area contributed by atoms with Gasteiger partial charge in [0.05, 0.1) is 18.9 Å². The Kier molecular flexibility index (Phi) is 4.21. The third kappa shape index (κ3) is 3.20. The number of amides is 1. The first-order valence-electron chi connectivity index (χ1n) is 8.21. The Bertz CT molecular complexity index is 1120. The molecule has 0 aliphatic rings. The lowest BCUT2D eigenvalue weighted by molar-refractivity contribution is 0.102. The molecule has 0 aromatic carbocycles. The van der Waals surface area contributed by atoms with E-state index in [2.05, 4.69) is 25.5 Å². The maximum Gasteiger partial charge on any atom is 0.260 e. The van der Waals surface area contributed by atoms with Crippen LogP contribution in [0.3, 0.4) is 0 Å². The van der Waals surface area contributed by atoms with E-state index in [0.29, 0.717) is 22.8 Å². The third-order valence-electron chi connectivity index (χ3n) is 4.20. The zero-order valence-electron chi connectivity index (χ0n) is 14.7. The molecule has 4 rings (SSSR count). The van der Waals surface area contributed by atoms with Gasteiger partial charge in [-0.2, -0.15) is 0 Å². The second kappa shape index (κ2) is 6.83. The monoisotopic (exact) mass is 360 g/mol. The number of nitrogens with one attached hydrogen (secondary N) is 1. The number of hydrogen-bond donors (Lipinski definition) is 1. The van der Waals surface area contributed by atoms with Crippen LogP contribution in [0.2, 0.25) is 0 Å². The summed E-state index contributed by atoms with van der Waals surface area (Å²) < 4.78 is 6.80. The van der Waals surface area contributed by atoms with Crippen LogP contribution in [0.15, 0.2) is 55.4 Å². The molecule has 0 bridgehead atoms. The Morgan fingerprint density at radius 3 is 2.85 bits per heavy atom. The number of carbonyl (C=O) groups is 1. The van der Waals surface area contributed by atoms with E-state index in [1.165, 1.54) is 6.20 Å². The summed E-state index contributed by atoms with van der Waals surface area (Å²) in [5, 5.41) is 10.8. The summed E-state index contributed by atoms with van der Waals surface area (Å²) in [4.78, 5) is 21.2. The molecule has 0 fully saturated rings. The molecule has 0 aliphatic heterocycles. The standard InChI is InChI=1S/C19H16N6O2/c1-12-5-6-20-9-16(12)13-7-15(18-24-22-11-25(18)10-13)19(26)23-17-4-3-14(27-2)8-21-17/h3-11H,1-2H3,(H,21,23,26). The second-order valence-electron chi connectivity index (χ2n) is 5.93. The van der Waals surface area contributed by atoms with Crippen LogP contribution in [0.5, 0.6) is 5.75 Å². The highest BCUT2D eigenvalue weighted by Gasteiger charge is 2.16. The molecule has 27 heavy (non-hydrogen) atoms. The van der Waals surface area contributed by atoms with Gasteiger partial charge in [-0.3, -0.25) is 14.2 Å². The van der Waals surface area contributed by atoms with Crippen molar-refractivity contribution < 1.29 is 9.53 Å². The van der Waals surface area contributed by atoms with Gasteiger partial charge in [0, 0.05) is 29.7 Å². The molecule has 8 nitrogen and oxygen atoms in total. The molecular formula is C19H16N6O2. The van der Waals surface area contributed by atoms with Crippen molar-refractivity contribution in [3.63, 3.8) is 0 Å². The zero-order valence-corrected chi connectivity index (χ0v) is 14.7. The molecule has 0 radical (unpaired) electrons. The predicted molar refractivity (Wildman–Crippen MR) is 99.7 cm³/mol. The third-order valence-corrected chi connectivity index (χ3v) is 4.20. The molecule has 1 amide bonds. The van der Waals surface area contributed by atoms with Crippen LogP contribution in [0, 0.1) is 6.92 Å². The van der Waals surface area contributed by atoms with Gasteiger partial charge >= 0.3 is 0 Å². The van der Waals surface area contributed by atoms with E-state index in [4.69, 9.17) is 4.74 Å². The van der Waals surface area contributed by atoms with Crippen molar-refractivity contribution in [1.29, 1.82) is 0 Å². The fraction of sp³-hybridized carbons (Fsp3) is 0.105. The lowest BCUT2D eigenvalue weighted by Crippen LogP contribution is -2.14. The SMILES string of the molecule is COc1ccc(NC(=O)c2cc(-c3cnccc3C)cn3cnnc23)nc1. The molecule has 0 spiro atoms. The molecule has 0 saturated carbocycles. The first-order valence-corrected chi connectivity index (χ1v) is 8.21. The van der Waals surface area contributed by atoms with Crippen molar-refractivity contribution in [1.82, 2.24) is 24.6 Å². The van der Waals surface area contributed by atoms with Crippen LogP contribution >= 0.6 is 0 Å². The van der Waals surface area contributed by atoms with Gasteiger partial charge in [0.15, 0.2) is 5.65 Å². The maximum atomic E-state index is 12.9. The topological polar surface area (TPSA) is 94.3 Å². The number of hydrogen-bond acceptors (Lipinski definition) is 6. The van der Waals surface area contributed by atoms with E-state index < -0.39 is 0 Å². The molecule has 4 aromatic rings. The highest BCUT2D eigenvalue weighted by atomic mass is 16.5. The molecule has 0 unspecified atom stereocenters. The summed E-state index contributed by atoms with van der Waals surface area (Å²) in [6.45, 7) is 1.99. The minimum atomic E-state index is -0.325. The molecule has 4 heterocycles. The lowest BCUT2D eigenvalue weighted by Gasteiger charge is -2.10. The van der Waals surface area contributed by atoms with Crippen molar-refractivity contribution in [3.8, 4) is 16.9 Å². The quantitative estimate of drug-likeness (QED) is 0.601. The number of ether oxygens (including phenoxy) is 1. The van der Waals surface area contributed by atoms with E-state index in [0.717, 1.165) is 16.7 Å². The van der Waals surface area contributed by atoms with Gasteiger partial charge in [-0.15, -0.1) is 10.2 Å². The van der Waals surface area contributed by atoms with E-state index in [1.807, 2.05) is 19.2 Å². The Labute approximate surface area is 154 Å². The van der Waals surface area contributed by atoms with Gasteiger partial charge in [-0.05, 0) is 36.8 Å². The summed E-state index contributed by atoms with van der Waals surface area (Å²) in [5.74, 6) is 0.706. The molecule has 8 heteroatoms. The Morgan fingerprint density at radius 1 is 1.22 bits per heavy atom. The fourth-order valence-electron chi connectivity index (χ4n) is 2.78. The Hall–Kier alpha value is -3.81. The average molecular weight is 360 g/mol. The largest absolute Gasteiger partial charge is 0.495 e. The second-order valence-corrected chi connectivity index (χ2v) is 5.93. The molecule has 0 aliphatic carbocycles. The number of methoxy groups -OCH3 is 1. The van der Waals surface area contributed by atoms with Crippen LogP contribution in [-0.4, -0.2) is 37.6 Å². The van der Waals surface area contributed by atoms with Gasteiger partial charge in [0.2, 0.25) is 0 Å². The first kappa shape index (κ1) is 16.6. The highest BCUT2D eigenvalue weighted by molar-refractivity contribution is 6.08. The van der Waals surface area contributed by atoms with E-state index >= 15 is 0 Å². The minimum absolute atomic E-state index is 0.325. The predicted octanol–water partition coefficient (Wildman–Crippen LogP) is 2.76. The van der Waals surface area contributed by atoms with Crippen LogP contribution in [0.25, 0.3) is 16.8 Å². The van der Waals surface area contributed by atoms with E-state index in [-0.39, 0.29) is 5.91 Å². The van der Waals surface area contributed by atoms with E-state index in [9.17, 15) is 4.79 Å². The number of carbonyl (C=O) groups excluding carboxylic acids is 1. The number of nitrogens with zero attached hydrogens (tertiary/aromatic N) is 5. The maximum absolute atomic E-state index is 12.9. The number of fused-ring (bicyclic) bond motifs is 1. The van der Waals surface area contributed by atoms with E-state index in [1.54, 1.807) is 48.4 Å². The smallest absolute Gasteiger partial charge is 0.260 e. The summed E-state index contributed by atoms with van der Waals surface area (Å²) in [7, 11) is 1.56. The van der Waals surface area contributed by atoms with Gasteiger partial charge < -0.3 is 10.1 Å². The summed E-state index contributed by atoms with van der Waals surface area (Å²) in [5.41, 5.74) is 3.70. The van der Waals surface area contributed by atoms with Crippen molar-refractivity contribution in [3.05, 3.63) is 66.5 Å². The van der Waals surface area contributed by atoms with Crippen LogP contribution in [0.4, 0.5) is 5.82 Å². The summed E-state index contributed by atoms with van der Waals surface area (Å²) in [6, 6.07) is 7.11. The Balaban J connectivity index is 1.74. The number of pyridine rings is 3. The molecule has 0 atom stereocenters.